The monoisotopic (exact) mass is 362 g/mol. The van der Waals surface area contributed by atoms with E-state index in [9.17, 15) is 10.1 Å². The maximum absolute atomic E-state index is 10.9. The van der Waals surface area contributed by atoms with E-state index in [0.29, 0.717) is 18.9 Å². The number of para-hydroxylation sites is 1. The number of nitrogens with zero attached hydrogens (tertiary/aromatic N) is 3. The van der Waals surface area contributed by atoms with E-state index in [0.717, 1.165) is 40.5 Å². The van der Waals surface area contributed by atoms with Gasteiger partial charge in [0.05, 0.1) is 17.2 Å². The van der Waals surface area contributed by atoms with Crippen LogP contribution in [-0.4, -0.2) is 28.0 Å². The zero-order chi connectivity index (χ0) is 18.8. The van der Waals surface area contributed by atoms with Crippen molar-refractivity contribution < 1.29 is 9.66 Å². The molecule has 0 unspecified atom stereocenters. The summed E-state index contributed by atoms with van der Waals surface area (Å²) in [6, 6.07) is 14.1. The summed E-state index contributed by atoms with van der Waals surface area (Å²) < 4.78 is 5.88. The molecule has 0 fully saturated rings. The predicted octanol–water partition coefficient (Wildman–Crippen LogP) is 4.09. The molecule has 27 heavy (non-hydrogen) atoms. The second-order valence-corrected chi connectivity index (χ2v) is 6.15. The summed E-state index contributed by atoms with van der Waals surface area (Å²) in [5, 5.41) is 14.2. The fraction of sp³-hybridized carbons (Fsp3) is 0.200. The molecule has 0 radical (unpaired) electrons. The molecule has 0 saturated heterocycles. The maximum atomic E-state index is 10.9. The topological polar surface area (TPSA) is 90.2 Å². The molecule has 4 rings (SSSR count). The third-order valence-electron chi connectivity index (χ3n) is 4.44. The number of aromatic nitrogens is 2. The minimum Gasteiger partial charge on any atom is -0.493 e. The van der Waals surface area contributed by atoms with Crippen LogP contribution < -0.4 is 10.1 Å². The van der Waals surface area contributed by atoms with Gasteiger partial charge >= 0.3 is 0 Å². The van der Waals surface area contributed by atoms with Crippen LogP contribution in [0, 0.1) is 10.1 Å². The lowest BCUT2D eigenvalue weighted by Gasteiger charge is -2.14. The molecule has 0 spiro atoms. The molecule has 3 aromatic rings. The number of non-ortho nitro benzene ring substituents is 1. The molecule has 1 N–H and O–H groups in total. The quantitative estimate of drug-likeness (QED) is 0.555. The first-order valence-corrected chi connectivity index (χ1v) is 8.79. The first kappa shape index (κ1) is 17.0. The second kappa shape index (κ2) is 7.03. The van der Waals surface area contributed by atoms with Gasteiger partial charge in [0.15, 0.2) is 5.82 Å². The smallest absolute Gasteiger partial charge is 0.269 e. The minimum atomic E-state index is -0.417. The Balaban J connectivity index is 1.89. The summed E-state index contributed by atoms with van der Waals surface area (Å²) in [6.45, 7) is 3.30. The molecule has 7 nitrogen and oxygen atoms in total. The van der Waals surface area contributed by atoms with Crippen LogP contribution in [0.15, 0.2) is 48.5 Å². The highest BCUT2D eigenvalue weighted by molar-refractivity contribution is 5.77. The zero-order valence-corrected chi connectivity index (χ0v) is 14.8. The summed E-state index contributed by atoms with van der Waals surface area (Å²) in [5.74, 6) is 2.10. The van der Waals surface area contributed by atoms with Crippen molar-refractivity contribution in [2.75, 3.05) is 18.5 Å². The number of nitro benzene ring substituents is 1. The minimum absolute atomic E-state index is 0.0409. The number of rotatable bonds is 4. The van der Waals surface area contributed by atoms with Crippen LogP contribution in [0.25, 0.3) is 22.6 Å². The molecule has 7 heteroatoms. The highest BCUT2D eigenvalue weighted by Gasteiger charge is 2.22. The van der Waals surface area contributed by atoms with Crippen molar-refractivity contribution in [1.82, 2.24) is 9.97 Å². The molecular formula is C20H18N4O3. The zero-order valence-electron chi connectivity index (χ0n) is 14.8. The lowest BCUT2D eigenvalue weighted by atomic mass is 10.0. The van der Waals surface area contributed by atoms with Gasteiger partial charge < -0.3 is 10.1 Å². The van der Waals surface area contributed by atoms with E-state index in [-0.39, 0.29) is 5.69 Å². The highest BCUT2D eigenvalue weighted by atomic mass is 16.6. The lowest BCUT2D eigenvalue weighted by Crippen LogP contribution is -2.09. The summed E-state index contributed by atoms with van der Waals surface area (Å²) in [7, 11) is 0. The van der Waals surface area contributed by atoms with Crippen LogP contribution in [0.4, 0.5) is 11.5 Å². The normalized spacial score (nSPS) is 12.3. The van der Waals surface area contributed by atoms with Crippen LogP contribution in [0.5, 0.6) is 5.75 Å². The molecule has 0 bridgehead atoms. The van der Waals surface area contributed by atoms with Crippen molar-refractivity contribution in [3.05, 3.63) is 64.2 Å². The van der Waals surface area contributed by atoms with Crippen LogP contribution >= 0.6 is 0 Å². The van der Waals surface area contributed by atoms with Gasteiger partial charge in [0.2, 0.25) is 0 Å². The molecule has 2 aromatic carbocycles. The van der Waals surface area contributed by atoms with Gasteiger partial charge in [-0.1, -0.05) is 12.1 Å². The van der Waals surface area contributed by atoms with Crippen LogP contribution in [0.2, 0.25) is 0 Å². The average molecular weight is 362 g/mol. The summed E-state index contributed by atoms with van der Waals surface area (Å²) >= 11 is 0. The van der Waals surface area contributed by atoms with E-state index >= 15 is 0 Å². The molecule has 0 saturated carbocycles. The van der Waals surface area contributed by atoms with Gasteiger partial charge in [-0.3, -0.25) is 10.1 Å². The van der Waals surface area contributed by atoms with Gasteiger partial charge in [-0.05, 0) is 31.2 Å². The number of nitro groups is 1. The number of benzene rings is 2. The Morgan fingerprint density at radius 2 is 1.93 bits per heavy atom. The third kappa shape index (κ3) is 3.19. The SMILES string of the molecule is CCNc1nc(-c2ccc([N+](=O)[O-])cc2)nc2c1CCOc1ccccc1-2. The van der Waals surface area contributed by atoms with E-state index in [1.807, 2.05) is 31.2 Å². The highest BCUT2D eigenvalue weighted by Crippen LogP contribution is 2.37. The average Bonchev–Trinajstić information content (AvgIpc) is 2.88. The van der Waals surface area contributed by atoms with Crippen molar-refractivity contribution >= 4 is 11.5 Å². The Labute approximate surface area is 156 Å². The molecule has 1 aromatic heterocycles. The molecule has 0 aliphatic carbocycles. The Morgan fingerprint density at radius 3 is 2.67 bits per heavy atom. The standard InChI is InChI=1S/C20H18N4O3/c1-2-21-20-16-11-12-27-17-6-4-3-5-15(17)18(16)22-19(23-20)13-7-9-14(10-8-13)24(25)26/h3-10H,2,11-12H2,1H3,(H,21,22,23). The van der Waals surface area contributed by atoms with Gasteiger partial charge in [0.1, 0.15) is 11.6 Å². The van der Waals surface area contributed by atoms with Crippen molar-refractivity contribution in [2.45, 2.75) is 13.3 Å². The van der Waals surface area contributed by atoms with Crippen LogP contribution in [-0.2, 0) is 6.42 Å². The van der Waals surface area contributed by atoms with Gasteiger partial charge in [-0.15, -0.1) is 0 Å². The maximum Gasteiger partial charge on any atom is 0.269 e. The summed E-state index contributed by atoms with van der Waals surface area (Å²) in [6.07, 6.45) is 0.701. The largest absolute Gasteiger partial charge is 0.493 e. The van der Waals surface area contributed by atoms with Crippen LogP contribution in [0.1, 0.15) is 12.5 Å². The Morgan fingerprint density at radius 1 is 1.15 bits per heavy atom. The van der Waals surface area contributed by atoms with E-state index < -0.39 is 4.92 Å². The summed E-state index contributed by atoms with van der Waals surface area (Å²) in [5.41, 5.74) is 3.55. The number of fused-ring (bicyclic) bond motifs is 3. The molecular weight excluding hydrogens is 344 g/mol. The lowest BCUT2D eigenvalue weighted by molar-refractivity contribution is -0.384. The number of nitrogens with one attached hydrogen (secondary N) is 1. The molecule has 1 aliphatic heterocycles. The second-order valence-electron chi connectivity index (χ2n) is 6.15. The van der Waals surface area contributed by atoms with Crippen LogP contribution in [0.3, 0.4) is 0 Å². The third-order valence-corrected chi connectivity index (χ3v) is 4.44. The van der Waals surface area contributed by atoms with Crippen molar-refractivity contribution in [3.8, 4) is 28.4 Å². The predicted molar refractivity (Wildman–Crippen MR) is 103 cm³/mol. The van der Waals surface area contributed by atoms with Crippen molar-refractivity contribution in [1.29, 1.82) is 0 Å². The fourth-order valence-corrected chi connectivity index (χ4v) is 3.17. The Kier molecular flexibility index (Phi) is 4.42. The Hall–Kier alpha value is -3.48. The van der Waals surface area contributed by atoms with Crippen molar-refractivity contribution in [2.24, 2.45) is 0 Å². The van der Waals surface area contributed by atoms with Gasteiger partial charge in [0.25, 0.3) is 5.69 Å². The molecule has 0 atom stereocenters. The number of ether oxygens (including phenoxy) is 1. The van der Waals surface area contributed by atoms with E-state index in [4.69, 9.17) is 9.72 Å². The number of hydrogen-bond donors (Lipinski definition) is 1. The van der Waals surface area contributed by atoms with E-state index in [1.54, 1.807) is 12.1 Å². The molecule has 136 valence electrons. The summed E-state index contributed by atoms with van der Waals surface area (Å²) in [4.78, 5) is 20.0. The van der Waals surface area contributed by atoms with Gasteiger partial charge in [-0.2, -0.15) is 0 Å². The first-order chi connectivity index (χ1) is 13.2. The number of hydrogen-bond acceptors (Lipinski definition) is 6. The number of anilines is 1. The van der Waals surface area contributed by atoms with Gasteiger partial charge in [-0.25, -0.2) is 9.97 Å². The van der Waals surface area contributed by atoms with Crippen molar-refractivity contribution in [3.63, 3.8) is 0 Å². The van der Waals surface area contributed by atoms with E-state index in [1.165, 1.54) is 12.1 Å². The molecule has 2 heterocycles. The van der Waals surface area contributed by atoms with E-state index in [2.05, 4.69) is 10.3 Å². The first-order valence-electron chi connectivity index (χ1n) is 8.79. The Bertz CT molecular complexity index is 1000. The fourth-order valence-electron chi connectivity index (χ4n) is 3.17. The molecule has 1 aliphatic rings. The molecule has 0 amide bonds. The van der Waals surface area contributed by atoms with Gasteiger partial charge in [0, 0.05) is 41.8 Å².